The minimum absolute atomic E-state index is 0.190. The van der Waals surface area contributed by atoms with E-state index in [1.807, 2.05) is 55.8 Å². The Kier molecular flexibility index (Phi) is 8.51. The first-order valence-corrected chi connectivity index (χ1v) is 11.4. The summed E-state index contributed by atoms with van der Waals surface area (Å²) in [6.07, 6.45) is 1.95. The monoisotopic (exact) mass is 422 g/mol. The van der Waals surface area contributed by atoms with Gasteiger partial charge in [0.15, 0.2) is 0 Å². The van der Waals surface area contributed by atoms with Crippen LogP contribution < -0.4 is 0 Å². The summed E-state index contributed by atoms with van der Waals surface area (Å²) >= 11 is 3.23. The highest BCUT2D eigenvalue weighted by Gasteiger charge is 2.27. The fourth-order valence-corrected chi connectivity index (χ4v) is 4.04. The van der Waals surface area contributed by atoms with Crippen LogP contribution in [0.15, 0.2) is 35.0 Å². The number of amides is 2. The molecule has 0 spiro atoms. The van der Waals surface area contributed by atoms with Gasteiger partial charge in [0.2, 0.25) is 0 Å². The minimum atomic E-state index is -0.371. The van der Waals surface area contributed by atoms with Crippen LogP contribution >= 0.6 is 22.7 Å². The first kappa shape index (κ1) is 22.4. The van der Waals surface area contributed by atoms with E-state index in [1.165, 1.54) is 5.06 Å². The summed E-state index contributed by atoms with van der Waals surface area (Å²) in [5, 5.41) is 5.25. The molecular formula is C21H30N2O3S2. The molecular weight excluding hydrogens is 392 g/mol. The van der Waals surface area contributed by atoms with Crippen molar-refractivity contribution in [2.45, 2.75) is 60.0 Å². The van der Waals surface area contributed by atoms with Crippen LogP contribution in [0, 0.1) is 5.41 Å². The summed E-state index contributed by atoms with van der Waals surface area (Å²) in [5.41, 5.74) is -0.190. The number of hydrogen-bond acceptors (Lipinski definition) is 5. The van der Waals surface area contributed by atoms with Crippen molar-refractivity contribution >= 4 is 34.7 Å². The number of hydroxylamine groups is 2. The summed E-state index contributed by atoms with van der Waals surface area (Å²) in [7, 11) is 0. The third kappa shape index (κ3) is 7.64. The number of rotatable bonds is 8. The van der Waals surface area contributed by atoms with E-state index in [9.17, 15) is 9.59 Å². The van der Waals surface area contributed by atoms with E-state index in [4.69, 9.17) is 4.84 Å². The predicted molar refractivity (Wildman–Crippen MR) is 115 cm³/mol. The first-order chi connectivity index (χ1) is 13.3. The topological polar surface area (TPSA) is 49.9 Å². The van der Waals surface area contributed by atoms with Crippen LogP contribution in [0.1, 0.15) is 56.7 Å². The Morgan fingerprint density at radius 3 is 2.04 bits per heavy atom. The van der Waals surface area contributed by atoms with Gasteiger partial charge in [0.25, 0.3) is 0 Å². The Bertz CT molecular complexity index is 685. The summed E-state index contributed by atoms with van der Waals surface area (Å²) in [5.74, 6) is -0.371. The molecule has 2 rings (SSSR count). The Hall–Kier alpha value is -1.86. The molecule has 0 aliphatic heterocycles. The number of urea groups is 1. The standard InChI is InChI=1S/C21H30N2O3S2/c1-5-6-11-23(26-19(24)14-21(2,3)4)20(25)22(15-17-9-7-12-27-17)16-18-10-8-13-28-18/h7-10,12-13H,5-6,11,14-16H2,1-4H3. The van der Waals surface area contributed by atoms with Crippen LogP contribution in [0.5, 0.6) is 0 Å². The SMILES string of the molecule is CCCCN(OC(=O)CC(C)(C)C)C(=O)N(Cc1cccs1)Cc1cccs1. The van der Waals surface area contributed by atoms with Gasteiger partial charge in [-0.3, -0.25) is 0 Å². The summed E-state index contributed by atoms with van der Waals surface area (Å²) in [6.45, 7) is 9.37. The summed E-state index contributed by atoms with van der Waals surface area (Å²) in [6, 6.07) is 7.72. The zero-order chi connectivity index (χ0) is 20.6. The molecule has 2 heterocycles. The van der Waals surface area contributed by atoms with Crippen LogP contribution in [-0.4, -0.2) is 28.5 Å². The van der Waals surface area contributed by atoms with Crippen molar-refractivity contribution in [1.29, 1.82) is 0 Å². The molecule has 0 saturated carbocycles. The van der Waals surface area contributed by atoms with Crippen LogP contribution in [0.3, 0.4) is 0 Å². The van der Waals surface area contributed by atoms with Gasteiger partial charge in [-0.25, -0.2) is 9.59 Å². The van der Waals surface area contributed by atoms with Crippen molar-refractivity contribution in [3.8, 4) is 0 Å². The molecule has 2 aromatic heterocycles. The number of unbranched alkanes of at least 4 members (excludes halogenated alkanes) is 1. The highest BCUT2D eigenvalue weighted by molar-refractivity contribution is 7.10. The average Bonchev–Trinajstić information content (AvgIpc) is 3.29. The highest BCUT2D eigenvalue weighted by atomic mass is 32.1. The molecule has 28 heavy (non-hydrogen) atoms. The maximum atomic E-state index is 13.3. The smallest absolute Gasteiger partial charge is 0.337 e. The Morgan fingerprint density at radius 2 is 1.61 bits per heavy atom. The summed E-state index contributed by atoms with van der Waals surface area (Å²) < 4.78 is 0. The minimum Gasteiger partial charge on any atom is -0.337 e. The van der Waals surface area contributed by atoms with Gasteiger partial charge in [0, 0.05) is 9.75 Å². The second kappa shape index (κ2) is 10.6. The van der Waals surface area contributed by atoms with Gasteiger partial charge < -0.3 is 9.74 Å². The van der Waals surface area contributed by atoms with Gasteiger partial charge in [0.1, 0.15) is 0 Å². The third-order valence-corrected chi connectivity index (χ3v) is 5.66. The maximum absolute atomic E-state index is 13.3. The largest absolute Gasteiger partial charge is 0.353 e. The molecule has 0 atom stereocenters. The van der Waals surface area contributed by atoms with Crippen molar-refractivity contribution in [1.82, 2.24) is 9.96 Å². The van der Waals surface area contributed by atoms with E-state index >= 15 is 0 Å². The molecule has 0 saturated heterocycles. The van der Waals surface area contributed by atoms with Gasteiger partial charge in [-0.05, 0) is 34.7 Å². The zero-order valence-corrected chi connectivity index (χ0v) is 18.8. The van der Waals surface area contributed by atoms with Crippen LogP contribution in [0.4, 0.5) is 4.79 Å². The Morgan fingerprint density at radius 1 is 1.04 bits per heavy atom. The molecule has 0 N–H and O–H groups in total. The van der Waals surface area contributed by atoms with E-state index in [2.05, 4.69) is 6.92 Å². The van der Waals surface area contributed by atoms with Gasteiger partial charge >= 0.3 is 12.0 Å². The molecule has 0 radical (unpaired) electrons. The predicted octanol–water partition coefficient (Wildman–Crippen LogP) is 5.93. The van der Waals surface area contributed by atoms with E-state index in [0.717, 1.165) is 22.6 Å². The number of nitrogens with zero attached hydrogens (tertiary/aromatic N) is 2. The van der Waals surface area contributed by atoms with Crippen molar-refractivity contribution in [3.63, 3.8) is 0 Å². The fraction of sp³-hybridized carbons (Fsp3) is 0.524. The number of carbonyl (C=O) groups excluding carboxylic acids is 2. The van der Waals surface area contributed by atoms with Crippen LogP contribution in [0.2, 0.25) is 0 Å². The van der Waals surface area contributed by atoms with E-state index in [-0.39, 0.29) is 23.8 Å². The van der Waals surface area contributed by atoms with Crippen molar-refractivity contribution in [2.75, 3.05) is 6.54 Å². The molecule has 2 aromatic rings. The normalized spacial score (nSPS) is 11.3. The zero-order valence-electron chi connectivity index (χ0n) is 17.1. The quantitative estimate of drug-likeness (QED) is 0.496. The van der Waals surface area contributed by atoms with Crippen LogP contribution in [-0.2, 0) is 22.7 Å². The second-order valence-corrected chi connectivity index (χ2v) is 10.0. The second-order valence-electron chi connectivity index (χ2n) is 7.95. The Balaban J connectivity index is 2.15. The van der Waals surface area contributed by atoms with E-state index in [0.29, 0.717) is 19.6 Å². The first-order valence-electron chi connectivity index (χ1n) is 9.60. The number of thiophene rings is 2. The van der Waals surface area contributed by atoms with E-state index in [1.54, 1.807) is 27.6 Å². The van der Waals surface area contributed by atoms with Gasteiger partial charge in [-0.1, -0.05) is 46.2 Å². The lowest BCUT2D eigenvalue weighted by atomic mass is 9.93. The van der Waals surface area contributed by atoms with E-state index < -0.39 is 0 Å². The highest BCUT2D eigenvalue weighted by Crippen LogP contribution is 2.22. The molecule has 2 amide bonds. The molecule has 154 valence electrons. The molecule has 0 aliphatic carbocycles. The number of hydrogen-bond donors (Lipinski definition) is 0. The lowest BCUT2D eigenvalue weighted by Gasteiger charge is -2.29. The molecule has 0 aromatic carbocycles. The average molecular weight is 423 g/mol. The molecule has 0 bridgehead atoms. The van der Waals surface area contributed by atoms with Crippen molar-refractivity contribution < 1.29 is 14.4 Å². The third-order valence-electron chi connectivity index (χ3n) is 3.94. The molecule has 5 nitrogen and oxygen atoms in total. The fourth-order valence-electron chi connectivity index (χ4n) is 2.60. The molecule has 0 unspecified atom stereocenters. The maximum Gasteiger partial charge on any atom is 0.353 e. The molecule has 0 fully saturated rings. The van der Waals surface area contributed by atoms with Gasteiger partial charge in [-0.15, -0.1) is 22.7 Å². The molecule has 0 aliphatic rings. The van der Waals surface area contributed by atoms with Crippen LogP contribution in [0.25, 0.3) is 0 Å². The molecule has 7 heteroatoms. The number of carbonyl (C=O) groups is 2. The summed E-state index contributed by atoms with van der Waals surface area (Å²) in [4.78, 5) is 35.1. The van der Waals surface area contributed by atoms with Gasteiger partial charge in [0.05, 0.1) is 26.1 Å². The van der Waals surface area contributed by atoms with Crippen molar-refractivity contribution in [3.05, 3.63) is 44.8 Å². The van der Waals surface area contributed by atoms with Gasteiger partial charge in [-0.2, -0.15) is 5.06 Å². The van der Waals surface area contributed by atoms with Crippen molar-refractivity contribution in [2.24, 2.45) is 5.41 Å². The lowest BCUT2D eigenvalue weighted by molar-refractivity contribution is -0.181. The lowest BCUT2D eigenvalue weighted by Crippen LogP contribution is -2.44. The Labute approximate surface area is 175 Å².